The minimum atomic E-state index is -5.18. The van der Waals surface area contributed by atoms with Crippen LogP contribution in [-0.2, 0) is 29.2 Å². The molecule has 1 N–H and O–H groups in total. The molecule has 9 nitrogen and oxygen atoms in total. The van der Waals surface area contributed by atoms with Crippen molar-refractivity contribution in [1.82, 2.24) is 5.32 Å². The number of ether oxygens (including phenoxy) is 1. The van der Waals surface area contributed by atoms with Crippen LogP contribution in [0.4, 0.5) is 0 Å². The molecule has 0 radical (unpaired) electrons. The molecule has 0 fully saturated rings. The number of carbonyl (C=O) groups excluding carboxylic acids is 3. The second kappa shape index (κ2) is 26.7. The van der Waals surface area contributed by atoms with Crippen molar-refractivity contribution >= 4 is 28.0 Å². The van der Waals surface area contributed by atoms with Gasteiger partial charge in [0.15, 0.2) is 5.25 Å². The summed E-state index contributed by atoms with van der Waals surface area (Å²) >= 11 is 0. The van der Waals surface area contributed by atoms with Gasteiger partial charge in [-0.3, -0.25) is 9.59 Å². The quantitative estimate of drug-likeness (QED) is 0.0486. The number of amides is 1. The van der Waals surface area contributed by atoms with E-state index in [2.05, 4.69) is 29.1 Å². The number of carbonyl (C=O) groups is 3. The summed E-state index contributed by atoms with van der Waals surface area (Å²) < 4.78 is 37.4. The van der Waals surface area contributed by atoms with E-state index in [4.69, 9.17) is 0 Å². The summed E-state index contributed by atoms with van der Waals surface area (Å²) in [6, 6.07) is 0. The van der Waals surface area contributed by atoms with Gasteiger partial charge < -0.3 is 24.5 Å². The molecular weight excluding hydrogens is 508 g/mol. The van der Waals surface area contributed by atoms with Gasteiger partial charge in [0.2, 0.25) is 5.91 Å². The SMILES string of the molecule is CCCCCCCCC=CCCCCCCCC(=O)NCCOC(=O)C(CC(=O)[O-])S(=O)(=O)[O-].[Na+].[Na+]. The van der Waals surface area contributed by atoms with E-state index >= 15 is 0 Å². The Hall–Kier alpha value is 0.0600. The third kappa shape index (κ3) is 25.7. The maximum absolute atomic E-state index is 11.8. The monoisotopic (exact) mass is 549 g/mol. The molecule has 0 aromatic heterocycles. The predicted octanol–water partition coefficient (Wildman–Crippen LogP) is -3.25. The van der Waals surface area contributed by atoms with E-state index in [1.807, 2.05) is 0 Å². The third-order valence-corrected chi connectivity index (χ3v) is 6.35. The smallest absolute Gasteiger partial charge is 0.747 e. The minimum absolute atomic E-state index is 0. The van der Waals surface area contributed by atoms with Crippen LogP contribution in [0, 0.1) is 0 Å². The Morgan fingerprint density at radius 1 is 0.861 bits per heavy atom. The molecule has 0 saturated heterocycles. The van der Waals surface area contributed by atoms with Gasteiger partial charge in [0.05, 0.1) is 6.54 Å². The average Bonchev–Trinajstić information content (AvgIpc) is 2.76. The number of esters is 1. The molecule has 1 amide bonds. The molecule has 0 heterocycles. The van der Waals surface area contributed by atoms with Gasteiger partial charge in [-0.25, -0.2) is 8.42 Å². The molecule has 1 atom stereocenters. The van der Waals surface area contributed by atoms with Crippen molar-refractivity contribution in [3.05, 3.63) is 12.2 Å². The maximum Gasteiger partial charge on any atom is 1.00 e. The number of carboxylic acids is 1. The van der Waals surface area contributed by atoms with E-state index in [1.54, 1.807) is 0 Å². The third-order valence-electron chi connectivity index (χ3n) is 5.30. The molecule has 198 valence electrons. The minimum Gasteiger partial charge on any atom is -0.747 e. The Balaban J connectivity index is -0.00000544. The van der Waals surface area contributed by atoms with Crippen molar-refractivity contribution < 1.29 is 96.3 Å². The molecule has 12 heteroatoms. The maximum atomic E-state index is 11.8. The molecule has 0 aromatic carbocycles. The summed E-state index contributed by atoms with van der Waals surface area (Å²) in [5.41, 5.74) is 0. The van der Waals surface area contributed by atoms with E-state index in [0.717, 1.165) is 38.5 Å². The summed E-state index contributed by atoms with van der Waals surface area (Å²) in [5.74, 6) is -3.54. The number of allylic oxidation sites excluding steroid dienone is 2. The molecule has 0 aliphatic rings. The molecule has 0 saturated carbocycles. The van der Waals surface area contributed by atoms with Gasteiger partial charge in [-0.15, -0.1) is 0 Å². The van der Waals surface area contributed by atoms with E-state index in [1.165, 1.54) is 44.9 Å². The molecule has 0 spiro atoms. The molecule has 1 unspecified atom stereocenters. The zero-order chi connectivity index (χ0) is 25.7. The first kappa shape index (κ1) is 40.6. The van der Waals surface area contributed by atoms with E-state index in [0.29, 0.717) is 6.42 Å². The number of hydrogen-bond donors (Lipinski definition) is 1. The van der Waals surface area contributed by atoms with Crippen LogP contribution < -0.4 is 69.5 Å². The van der Waals surface area contributed by atoms with Crippen molar-refractivity contribution in [2.75, 3.05) is 13.2 Å². The normalized spacial score (nSPS) is 11.8. The number of nitrogens with one attached hydrogen (secondary N) is 1. The van der Waals surface area contributed by atoms with Crippen molar-refractivity contribution in [1.29, 1.82) is 0 Å². The summed E-state index contributed by atoms with van der Waals surface area (Å²) in [4.78, 5) is 33.8. The molecule has 36 heavy (non-hydrogen) atoms. The van der Waals surface area contributed by atoms with E-state index in [-0.39, 0.29) is 78.2 Å². The zero-order valence-corrected chi connectivity index (χ0v) is 27.2. The van der Waals surface area contributed by atoms with Gasteiger partial charge >= 0.3 is 65.1 Å². The average molecular weight is 550 g/mol. The zero-order valence-electron chi connectivity index (χ0n) is 22.4. The molecule has 0 aliphatic carbocycles. The van der Waals surface area contributed by atoms with Crippen LogP contribution in [0.5, 0.6) is 0 Å². The van der Waals surface area contributed by atoms with Gasteiger partial charge in [0, 0.05) is 18.8 Å². The molecule has 0 rings (SSSR count). The van der Waals surface area contributed by atoms with Crippen LogP contribution in [0.1, 0.15) is 103 Å². The Labute approximate surface area is 261 Å². The van der Waals surface area contributed by atoms with Crippen molar-refractivity contribution in [2.24, 2.45) is 0 Å². The van der Waals surface area contributed by atoms with Gasteiger partial charge in [-0.1, -0.05) is 70.4 Å². The number of rotatable bonds is 22. The van der Waals surface area contributed by atoms with Crippen LogP contribution in [0.3, 0.4) is 0 Å². The second-order valence-corrected chi connectivity index (χ2v) is 9.96. The molecule has 0 aliphatic heterocycles. The summed E-state index contributed by atoms with van der Waals surface area (Å²) in [7, 11) is -5.18. The van der Waals surface area contributed by atoms with E-state index in [9.17, 15) is 32.5 Å². The van der Waals surface area contributed by atoms with Gasteiger partial charge in [-0.2, -0.15) is 0 Å². The topological polar surface area (TPSA) is 153 Å². The number of aliphatic carboxylic acids is 1. The summed E-state index contributed by atoms with van der Waals surface area (Å²) in [6.45, 7) is 1.80. The fourth-order valence-corrected chi connectivity index (χ4v) is 3.98. The molecule has 0 bridgehead atoms. The molecular formula is C24H41NNa2O8S. The van der Waals surface area contributed by atoms with Gasteiger partial charge in [-0.05, 0) is 32.1 Å². The number of hydrogen-bond acceptors (Lipinski definition) is 8. The predicted molar refractivity (Wildman–Crippen MR) is 127 cm³/mol. The first-order valence-electron chi connectivity index (χ1n) is 12.4. The summed E-state index contributed by atoms with van der Waals surface area (Å²) in [6.07, 6.45) is 18.8. The van der Waals surface area contributed by atoms with E-state index < -0.39 is 33.7 Å². The van der Waals surface area contributed by atoms with Crippen molar-refractivity contribution in [3.8, 4) is 0 Å². The van der Waals surface area contributed by atoms with Crippen LogP contribution in [0.2, 0.25) is 0 Å². The Kier molecular flexibility index (Phi) is 30.0. The van der Waals surface area contributed by atoms with Crippen LogP contribution in [-0.4, -0.2) is 49.2 Å². The van der Waals surface area contributed by atoms with Crippen molar-refractivity contribution in [2.45, 2.75) is 108 Å². The number of carboxylic acid groups (broad SMARTS) is 1. The summed E-state index contributed by atoms with van der Waals surface area (Å²) in [5, 5.41) is 10.6. The van der Waals surface area contributed by atoms with Crippen LogP contribution in [0.25, 0.3) is 0 Å². The van der Waals surface area contributed by atoms with Gasteiger partial charge in [0.1, 0.15) is 16.7 Å². The first-order valence-corrected chi connectivity index (χ1v) is 13.9. The Morgan fingerprint density at radius 2 is 1.36 bits per heavy atom. The van der Waals surface area contributed by atoms with Crippen molar-refractivity contribution in [3.63, 3.8) is 0 Å². The second-order valence-electron chi connectivity index (χ2n) is 8.41. The van der Waals surface area contributed by atoms with Crippen LogP contribution >= 0.6 is 0 Å². The standard InChI is InChI=1S/C24H43NO8S.2Na/c1-2-3-4-5-6-7-8-9-10-11-12-13-14-15-16-17-22(26)25-18-19-33-24(29)21(20-23(27)28)34(30,31)32;;/h9-10,21H,2-8,11-20H2,1H3,(H,25,26)(H,27,28)(H,30,31,32);;/q;2*+1/p-2. The Bertz CT molecular complexity index is 717. The fraction of sp³-hybridized carbons (Fsp3) is 0.792. The largest absolute Gasteiger partial charge is 1.00 e. The Morgan fingerprint density at radius 3 is 1.86 bits per heavy atom. The van der Waals surface area contributed by atoms with Gasteiger partial charge in [0.25, 0.3) is 0 Å². The number of unbranched alkanes of at least 4 members (excludes halogenated alkanes) is 11. The molecule has 0 aromatic rings. The first-order chi connectivity index (χ1) is 16.2. The fourth-order valence-electron chi connectivity index (χ4n) is 3.33. The van der Waals surface area contributed by atoms with Crippen LogP contribution in [0.15, 0.2) is 12.2 Å².